The first kappa shape index (κ1) is 23.8. The maximum atomic E-state index is 13.7. The number of fused-ring (bicyclic) bond motifs is 1. The van der Waals surface area contributed by atoms with E-state index in [9.17, 15) is 26.4 Å². The highest BCUT2D eigenvalue weighted by Crippen LogP contribution is 2.38. The molecule has 1 aliphatic heterocycles. The quantitative estimate of drug-likeness (QED) is 0.484. The predicted octanol–water partition coefficient (Wildman–Crippen LogP) is 2.64. The van der Waals surface area contributed by atoms with Crippen molar-refractivity contribution in [1.82, 2.24) is 8.61 Å². The van der Waals surface area contributed by atoms with Crippen molar-refractivity contribution in [3.63, 3.8) is 0 Å². The minimum absolute atomic E-state index is 0.210. The van der Waals surface area contributed by atoms with E-state index < -0.39 is 43.8 Å². The molecule has 1 atom stereocenters. The van der Waals surface area contributed by atoms with Crippen molar-refractivity contribution in [3.8, 4) is 0 Å². The van der Waals surface area contributed by atoms with Gasteiger partial charge in [0.1, 0.15) is 0 Å². The molecule has 1 heterocycles. The summed E-state index contributed by atoms with van der Waals surface area (Å²) in [4.78, 5) is 26.5. The zero-order valence-corrected chi connectivity index (χ0v) is 20.1. The van der Waals surface area contributed by atoms with Crippen molar-refractivity contribution in [3.05, 3.63) is 96.1 Å². The van der Waals surface area contributed by atoms with Gasteiger partial charge in [-0.05, 0) is 42.8 Å². The van der Waals surface area contributed by atoms with E-state index in [-0.39, 0.29) is 20.9 Å². The van der Waals surface area contributed by atoms with Crippen LogP contribution in [0.3, 0.4) is 0 Å². The Morgan fingerprint density at radius 3 is 1.68 bits per heavy atom. The number of sulfonamides is 2. The second-order valence-corrected chi connectivity index (χ2v) is 12.1. The van der Waals surface area contributed by atoms with Gasteiger partial charge < -0.3 is 0 Å². The molecule has 0 aliphatic carbocycles. The van der Waals surface area contributed by atoms with Gasteiger partial charge in [-0.3, -0.25) is 14.5 Å². The van der Waals surface area contributed by atoms with Gasteiger partial charge in [0.15, 0.2) is 0 Å². The predicted molar refractivity (Wildman–Crippen MR) is 125 cm³/mol. The summed E-state index contributed by atoms with van der Waals surface area (Å²) in [6.07, 6.45) is 0. The first-order chi connectivity index (χ1) is 16.0. The monoisotopic (exact) mass is 498 g/mol. The maximum absolute atomic E-state index is 13.7. The Morgan fingerprint density at radius 2 is 1.18 bits per heavy atom. The van der Waals surface area contributed by atoms with Gasteiger partial charge in [-0.25, -0.2) is 16.8 Å². The molecule has 0 spiro atoms. The molecule has 0 saturated heterocycles. The standard InChI is InChI=1S/C24H22N2O6S2/c1-24(21-16-10-9-15-20(21)22(27)25(2)23(24)28)17-26(33(29,30)18-11-5-3-6-12-18)34(31,32)19-13-7-4-8-14-19/h3-16H,17H2,1-2H3. The SMILES string of the molecule is CN1C(=O)c2ccccc2C(C)(CN(S(=O)(=O)c2ccccc2)S(=O)(=O)c2ccccc2)C1=O. The Hall–Kier alpha value is -3.34. The van der Waals surface area contributed by atoms with Crippen molar-refractivity contribution in [2.75, 3.05) is 13.6 Å². The number of likely N-dealkylation sites (N-methyl/N-ethyl adjacent to an activating group) is 1. The van der Waals surface area contributed by atoms with E-state index in [1.807, 2.05) is 0 Å². The topological polar surface area (TPSA) is 109 Å². The van der Waals surface area contributed by atoms with Gasteiger partial charge in [-0.2, -0.15) is 0 Å². The number of imide groups is 1. The van der Waals surface area contributed by atoms with Crippen LogP contribution in [0.5, 0.6) is 0 Å². The molecule has 1 aliphatic rings. The number of hydrogen-bond donors (Lipinski definition) is 0. The van der Waals surface area contributed by atoms with Gasteiger partial charge in [0.05, 0.1) is 15.2 Å². The minimum Gasteiger partial charge on any atom is -0.281 e. The Labute approximate surface area is 198 Å². The molecule has 0 radical (unpaired) electrons. The molecule has 3 aromatic carbocycles. The average molecular weight is 499 g/mol. The lowest BCUT2D eigenvalue weighted by Gasteiger charge is -2.40. The Morgan fingerprint density at radius 1 is 0.735 bits per heavy atom. The molecule has 3 aromatic rings. The summed E-state index contributed by atoms with van der Waals surface area (Å²) in [7, 11) is -7.93. The van der Waals surface area contributed by atoms with Crippen molar-refractivity contribution in [2.24, 2.45) is 0 Å². The fraction of sp³-hybridized carbons (Fsp3) is 0.167. The van der Waals surface area contributed by atoms with Crippen LogP contribution in [0.25, 0.3) is 0 Å². The van der Waals surface area contributed by atoms with Crippen LogP contribution >= 0.6 is 0 Å². The lowest BCUT2D eigenvalue weighted by Crippen LogP contribution is -2.57. The third-order valence-electron chi connectivity index (χ3n) is 5.90. The van der Waals surface area contributed by atoms with Gasteiger partial charge in [0.2, 0.25) is 5.91 Å². The molecule has 34 heavy (non-hydrogen) atoms. The van der Waals surface area contributed by atoms with Gasteiger partial charge >= 0.3 is 0 Å². The van der Waals surface area contributed by atoms with Crippen LogP contribution in [-0.4, -0.2) is 50.9 Å². The van der Waals surface area contributed by atoms with Gasteiger partial charge in [0, 0.05) is 19.2 Å². The smallest absolute Gasteiger partial charge is 0.260 e. The van der Waals surface area contributed by atoms with Crippen LogP contribution in [-0.2, 0) is 30.3 Å². The van der Waals surface area contributed by atoms with Crippen LogP contribution in [0, 0.1) is 0 Å². The molecule has 10 heteroatoms. The zero-order valence-electron chi connectivity index (χ0n) is 18.5. The molecule has 176 valence electrons. The molecule has 1 unspecified atom stereocenters. The molecule has 0 aromatic heterocycles. The van der Waals surface area contributed by atoms with Gasteiger partial charge in [-0.15, -0.1) is 0 Å². The van der Waals surface area contributed by atoms with Gasteiger partial charge in [-0.1, -0.05) is 58.3 Å². The molecule has 0 N–H and O–H groups in total. The normalized spacial score (nSPS) is 18.7. The number of benzene rings is 3. The maximum Gasteiger partial charge on any atom is 0.260 e. The highest BCUT2D eigenvalue weighted by molar-refractivity contribution is 8.04. The highest BCUT2D eigenvalue weighted by atomic mass is 32.3. The van der Waals surface area contributed by atoms with Crippen LogP contribution in [0.4, 0.5) is 0 Å². The fourth-order valence-corrected chi connectivity index (χ4v) is 7.92. The lowest BCUT2D eigenvalue weighted by molar-refractivity contribution is -0.133. The van der Waals surface area contributed by atoms with E-state index in [1.54, 1.807) is 30.3 Å². The molecular weight excluding hydrogens is 476 g/mol. The summed E-state index contributed by atoms with van der Waals surface area (Å²) < 4.78 is 55.1. The average Bonchev–Trinajstić information content (AvgIpc) is 2.86. The largest absolute Gasteiger partial charge is 0.281 e. The lowest BCUT2D eigenvalue weighted by atomic mass is 9.76. The summed E-state index contributed by atoms with van der Waals surface area (Å²) in [5.74, 6) is -1.24. The number of carbonyl (C=O) groups excluding carboxylic acids is 2. The number of carbonyl (C=O) groups is 2. The van der Waals surface area contributed by atoms with Crippen LogP contribution in [0.2, 0.25) is 0 Å². The second kappa shape index (κ2) is 8.46. The van der Waals surface area contributed by atoms with Crippen molar-refractivity contribution in [2.45, 2.75) is 22.1 Å². The van der Waals surface area contributed by atoms with Crippen LogP contribution < -0.4 is 0 Å². The third-order valence-corrected chi connectivity index (χ3v) is 10.1. The van der Waals surface area contributed by atoms with Crippen molar-refractivity contribution in [1.29, 1.82) is 0 Å². The Kier molecular flexibility index (Phi) is 5.92. The summed E-state index contributed by atoms with van der Waals surface area (Å²) in [5, 5.41) is 0. The number of amides is 2. The fourth-order valence-electron chi connectivity index (χ4n) is 4.04. The summed E-state index contributed by atoms with van der Waals surface area (Å²) in [6.45, 7) is 0.722. The Bertz CT molecular complexity index is 1400. The first-order valence-corrected chi connectivity index (χ1v) is 13.2. The first-order valence-electron chi connectivity index (χ1n) is 10.3. The van der Waals surface area contributed by atoms with Crippen molar-refractivity contribution >= 4 is 31.9 Å². The second-order valence-electron chi connectivity index (χ2n) is 8.11. The highest BCUT2D eigenvalue weighted by Gasteiger charge is 2.51. The van der Waals surface area contributed by atoms with Gasteiger partial charge in [0.25, 0.3) is 26.0 Å². The molecule has 4 rings (SSSR count). The molecule has 8 nitrogen and oxygen atoms in total. The number of hydrogen-bond acceptors (Lipinski definition) is 6. The summed E-state index contributed by atoms with van der Waals surface area (Å²) >= 11 is 0. The summed E-state index contributed by atoms with van der Waals surface area (Å²) in [6, 6.07) is 20.6. The van der Waals surface area contributed by atoms with E-state index in [2.05, 4.69) is 0 Å². The molecule has 0 saturated carbocycles. The Balaban J connectivity index is 1.95. The van der Waals surface area contributed by atoms with E-state index in [1.165, 1.54) is 68.6 Å². The van der Waals surface area contributed by atoms with E-state index >= 15 is 0 Å². The van der Waals surface area contributed by atoms with Crippen molar-refractivity contribution < 1.29 is 26.4 Å². The molecule has 0 fully saturated rings. The minimum atomic E-state index is -4.61. The molecule has 0 bridgehead atoms. The van der Waals surface area contributed by atoms with E-state index in [0.29, 0.717) is 3.71 Å². The number of rotatable bonds is 6. The van der Waals surface area contributed by atoms with E-state index in [0.717, 1.165) is 4.90 Å². The van der Waals surface area contributed by atoms with E-state index in [4.69, 9.17) is 0 Å². The molecule has 2 amide bonds. The summed E-state index contributed by atoms with van der Waals surface area (Å²) in [5.41, 5.74) is -1.18. The van der Waals surface area contributed by atoms with Crippen LogP contribution in [0.15, 0.2) is 94.7 Å². The zero-order chi connectivity index (χ0) is 24.7. The molecular formula is C24H22N2O6S2. The third kappa shape index (κ3) is 3.73. The van der Waals surface area contributed by atoms with Crippen LogP contribution in [0.1, 0.15) is 22.8 Å². The number of nitrogens with zero attached hydrogens (tertiary/aromatic N) is 2.